The van der Waals surface area contributed by atoms with E-state index in [0.29, 0.717) is 5.92 Å². The summed E-state index contributed by atoms with van der Waals surface area (Å²) in [5, 5.41) is 0. The van der Waals surface area contributed by atoms with Gasteiger partial charge in [0.1, 0.15) is 5.75 Å². The summed E-state index contributed by atoms with van der Waals surface area (Å²) in [6.45, 7) is 2.75. The van der Waals surface area contributed by atoms with E-state index in [1.807, 2.05) is 31.2 Å². The van der Waals surface area contributed by atoms with Gasteiger partial charge in [-0.2, -0.15) is 0 Å². The topological polar surface area (TPSA) is 44.5 Å². The lowest BCUT2D eigenvalue weighted by Crippen LogP contribution is -2.30. The van der Waals surface area contributed by atoms with Crippen molar-refractivity contribution in [2.45, 2.75) is 31.9 Å². The number of hydrogen-bond donors (Lipinski definition) is 1. The molecule has 1 fully saturated rings. The minimum Gasteiger partial charge on any atom is -0.497 e. The number of rotatable bonds is 6. The fourth-order valence-electron chi connectivity index (χ4n) is 2.17. The summed E-state index contributed by atoms with van der Waals surface area (Å²) in [7, 11) is 1.67. The molecule has 2 unspecified atom stereocenters. The molecule has 0 spiro atoms. The Hall–Kier alpha value is -1.06. The molecule has 0 heterocycles. The lowest BCUT2D eigenvalue weighted by molar-refractivity contribution is 0.0283. The number of benzene rings is 1. The van der Waals surface area contributed by atoms with Crippen LogP contribution in [0.3, 0.4) is 0 Å². The molecule has 0 aromatic heterocycles. The molecule has 0 saturated heterocycles. The fourth-order valence-corrected chi connectivity index (χ4v) is 2.17. The monoisotopic (exact) mass is 235 g/mol. The number of hydrogen-bond acceptors (Lipinski definition) is 3. The van der Waals surface area contributed by atoms with Crippen LogP contribution in [0, 0.1) is 5.92 Å². The van der Waals surface area contributed by atoms with Gasteiger partial charge < -0.3 is 15.2 Å². The first kappa shape index (κ1) is 12.4. The Morgan fingerprint density at radius 2 is 1.94 bits per heavy atom. The smallest absolute Gasteiger partial charge is 0.118 e. The maximum absolute atomic E-state index is 6.29. The molecule has 3 heteroatoms. The zero-order valence-electron chi connectivity index (χ0n) is 10.6. The van der Waals surface area contributed by atoms with E-state index in [1.165, 1.54) is 12.8 Å². The molecule has 2 N–H and O–H groups in total. The van der Waals surface area contributed by atoms with Crippen LogP contribution < -0.4 is 10.5 Å². The molecular formula is C14H21NO2. The molecule has 17 heavy (non-hydrogen) atoms. The highest BCUT2D eigenvalue weighted by Crippen LogP contribution is 2.39. The van der Waals surface area contributed by atoms with Crippen molar-refractivity contribution in [2.75, 3.05) is 13.7 Å². The van der Waals surface area contributed by atoms with Crippen LogP contribution in [0.2, 0.25) is 0 Å². The van der Waals surface area contributed by atoms with Gasteiger partial charge in [-0.15, -0.1) is 0 Å². The first-order valence-corrected chi connectivity index (χ1v) is 6.27. The first-order chi connectivity index (χ1) is 8.26. The zero-order valence-corrected chi connectivity index (χ0v) is 10.6. The van der Waals surface area contributed by atoms with Crippen LogP contribution in [0.4, 0.5) is 0 Å². The quantitative estimate of drug-likeness (QED) is 0.824. The van der Waals surface area contributed by atoms with Crippen molar-refractivity contribution in [3.8, 4) is 5.75 Å². The lowest BCUT2D eigenvalue weighted by atomic mass is 9.99. The van der Waals surface area contributed by atoms with Crippen molar-refractivity contribution in [1.29, 1.82) is 0 Å². The summed E-state index contributed by atoms with van der Waals surface area (Å²) in [4.78, 5) is 0. The van der Waals surface area contributed by atoms with Crippen LogP contribution in [-0.4, -0.2) is 19.8 Å². The fraction of sp³-hybridized carbons (Fsp3) is 0.571. The summed E-state index contributed by atoms with van der Waals surface area (Å²) in [6.07, 6.45) is 2.65. The Kier molecular flexibility index (Phi) is 4.02. The van der Waals surface area contributed by atoms with Crippen LogP contribution >= 0.6 is 0 Å². The molecule has 94 valence electrons. The SMILES string of the molecule is CCOC(C1CC1)C(N)c1ccc(OC)cc1. The summed E-state index contributed by atoms with van der Waals surface area (Å²) in [6, 6.07) is 7.92. The van der Waals surface area contributed by atoms with E-state index in [1.54, 1.807) is 7.11 Å². The third-order valence-electron chi connectivity index (χ3n) is 3.30. The van der Waals surface area contributed by atoms with E-state index in [2.05, 4.69) is 0 Å². The normalized spacial score (nSPS) is 18.8. The van der Waals surface area contributed by atoms with Gasteiger partial charge in [0.05, 0.1) is 19.3 Å². The third-order valence-corrected chi connectivity index (χ3v) is 3.30. The van der Waals surface area contributed by atoms with Crippen LogP contribution in [0.15, 0.2) is 24.3 Å². The van der Waals surface area contributed by atoms with Gasteiger partial charge in [-0.05, 0) is 43.4 Å². The summed E-state index contributed by atoms with van der Waals surface area (Å²) < 4.78 is 10.9. The van der Waals surface area contributed by atoms with E-state index in [4.69, 9.17) is 15.2 Å². The maximum atomic E-state index is 6.29. The Morgan fingerprint density at radius 1 is 1.29 bits per heavy atom. The van der Waals surface area contributed by atoms with Gasteiger partial charge in [-0.25, -0.2) is 0 Å². The molecule has 0 radical (unpaired) electrons. The van der Waals surface area contributed by atoms with E-state index in [0.717, 1.165) is 17.9 Å². The van der Waals surface area contributed by atoms with E-state index >= 15 is 0 Å². The maximum Gasteiger partial charge on any atom is 0.118 e. The van der Waals surface area contributed by atoms with Gasteiger partial charge in [0.15, 0.2) is 0 Å². The molecule has 1 saturated carbocycles. The molecule has 1 aliphatic carbocycles. The largest absolute Gasteiger partial charge is 0.497 e. The van der Waals surface area contributed by atoms with Crippen molar-refractivity contribution in [1.82, 2.24) is 0 Å². The van der Waals surface area contributed by atoms with Gasteiger partial charge in [-0.1, -0.05) is 12.1 Å². The average Bonchev–Trinajstić information content (AvgIpc) is 3.19. The molecule has 2 atom stereocenters. The summed E-state index contributed by atoms with van der Waals surface area (Å²) in [5.41, 5.74) is 7.41. The lowest BCUT2D eigenvalue weighted by Gasteiger charge is -2.24. The molecule has 3 nitrogen and oxygen atoms in total. The minimum atomic E-state index is -0.0339. The molecule has 0 bridgehead atoms. The Labute approximate surface area is 103 Å². The molecule has 0 amide bonds. The standard InChI is InChI=1S/C14H21NO2/c1-3-17-14(11-4-5-11)13(15)10-6-8-12(16-2)9-7-10/h6-9,11,13-14H,3-5,15H2,1-2H3. The summed E-state index contributed by atoms with van der Waals surface area (Å²) in [5.74, 6) is 1.51. The third kappa shape index (κ3) is 2.99. The zero-order chi connectivity index (χ0) is 12.3. The molecular weight excluding hydrogens is 214 g/mol. The minimum absolute atomic E-state index is 0.0339. The molecule has 1 aromatic carbocycles. The van der Waals surface area contributed by atoms with Crippen LogP contribution in [0.25, 0.3) is 0 Å². The van der Waals surface area contributed by atoms with Gasteiger partial charge in [-0.3, -0.25) is 0 Å². The Bertz CT molecular complexity index is 346. The average molecular weight is 235 g/mol. The van der Waals surface area contributed by atoms with E-state index in [-0.39, 0.29) is 12.1 Å². The second kappa shape index (κ2) is 5.52. The number of ether oxygens (including phenoxy) is 2. The van der Waals surface area contributed by atoms with Crippen LogP contribution in [-0.2, 0) is 4.74 Å². The van der Waals surface area contributed by atoms with Gasteiger partial charge in [0, 0.05) is 6.61 Å². The number of methoxy groups -OCH3 is 1. The van der Waals surface area contributed by atoms with Crippen LogP contribution in [0.1, 0.15) is 31.4 Å². The van der Waals surface area contributed by atoms with Crippen molar-refractivity contribution >= 4 is 0 Å². The highest BCUT2D eigenvalue weighted by atomic mass is 16.5. The first-order valence-electron chi connectivity index (χ1n) is 6.27. The second-order valence-electron chi connectivity index (χ2n) is 4.56. The molecule has 1 aliphatic rings. The molecule has 2 rings (SSSR count). The highest BCUT2D eigenvalue weighted by molar-refractivity contribution is 5.29. The van der Waals surface area contributed by atoms with Gasteiger partial charge in [0.25, 0.3) is 0 Å². The van der Waals surface area contributed by atoms with Crippen LogP contribution in [0.5, 0.6) is 5.75 Å². The number of nitrogens with two attached hydrogens (primary N) is 1. The van der Waals surface area contributed by atoms with Crippen molar-refractivity contribution < 1.29 is 9.47 Å². The van der Waals surface area contributed by atoms with Crippen molar-refractivity contribution in [3.63, 3.8) is 0 Å². The van der Waals surface area contributed by atoms with Crippen molar-refractivity contribution in [3.05, 3.63) is 29.8 Å². The molecule has 1 aromatic rings. The second-order valence-corrected chi connectivity index (χ2v) is 4.56. The van der Waals surface area contributed by atoms with Gasteiger partial charge in [0.2, 0.25) is 0 Å². The Morgan fingerprint density at radius 3 is 2.41 bits per heavy atom. The Balaban J connectivity index is 2.07. The van der Waals surface area contributed by atoms with E-state index in [9.17, 15) is 0 Å². The van der Waals surface area contributed by atoms with Gasteiger partial charge >= 0.3 is 0 Å². The highest BCUT2D eigenvalue weighted by Gasteiger charge is 2.36. The molecule has 0 aliphatic heterocycles. The predicted molar refractivity (Wildman–Crippen MR) is 68.1 cm³/mol. The van der Waals surface area contributed by atoms with E-state index < -0.39 is 0 Å². The predicted octanol–water partition coefficient (Wildman–Crippen LogP) is 2.51. The van der Waals surface area contributed by atoms with Crippen molar-refractivity contribution in [2.24, 2.45) is 11.7 Å². The summed E-state index contributed by atoms with van der Waals surface area (Å²) >= 11 is 0.